The third kappa shape index (κ3) is 4.14. The van der Waals surface area contributed by atoms with E-state index in [2.05, 4.69) is 12.2 Å². The molecule has 1 N–H and O–H groups in total. The standard InChI is InChI=1S/C24H26N2O3/c1-2-3-8-15-29-22-14-7-5-12-20(22)23-25-21-13-6-4-11-19(21)24(27)26(23)17-18-10-9-16-28-18/h4-7,9-14,16,23,25H,2-3,8,15,17H2,1H3. The Morgan fingerprint density at radius 2 is 1.86 bits per heavy atom. The number of carbonyl (C=O) groups is 1. The van der Waals surface area contributed by atoms with Crippen molar-refractivity contribution in [2.75, 3.05) is 11.9 Å². The van der Waals surface area contributed by atoms with Crippen molar-refractivity contribution in [2.24, 2.45) is 0 Å². The van der Waals surface area contributed by atoms with Crippen LogP contribution in [-0.2, 0) is 6.54 Å². The zero-order valence-electron chi connectivity index (χ0n) is 16.6. The zero-order chi connectivity index (χ0) is 20.1. The fraction of sp³-hybridized carbons (Fsp3) is 0.292. The van der Waals surface area contributed by atoms with Crippen LogP contribution in [0.25, 0.3) is 0 Å². The van der Waals surface area contributed by atoms with Crippen LogP contribution in [0, 0.1) is 0 Å². The third-order valence-corrected chi connectivity index (χ3v) is 5.15. The Bertz CT molecular complexity index is 952. The third-order valence-electron chi connectivity index (χ3n) is 5.15. The molecular formula is C24H26N2O3. The molecule has 0 fully saturated rings. The minimum absolute atomic E-state index is 0.0264. The number of nitrogens with zero attached hydrogens (tertiary/aromatic N) is 1. The summed E-state index contributed by atoms with van der Waals surface area (Å²) in [5.74, 6) is 1.52. The maximum Gasteiger partial charge on any atom is 0.258 e. The largest absolute Gasteiger partial charge is 0.493 e. The van der Waals surface area contributed by atoms with Crippen LogP contribution < -0.4 is 10.1 Å². The minimum atomic E-state index is -0.343. The molecule has 1 unspecified atom stereocenters. The molecule has 1 aliphatic rings. The Kier molecular flexibility index (Phi) is 5.84. The number of benzene rings is 2. The van der Waals surface area contributed by atoms with Gasteiger partial charge in [0.25, 0.3) is 5.91 Å². The van der Waals surface area contributed by atoms with Crippen molar-refractivity contribution < 1.29 is 13.9 Å². The average Bonchev–Trinajstić information content (AvgIpc) is 3.27. The highest BCUT2D eigenvalue weighted by Crippen LogP contribution is 2.37. The average molecular weight is 390 g/mol. The van der Waals surface area contributed by atoms with Gasteiger partial charge >= 0.3 is 0 Å². The molecule has 1 aromatic heterocycles. The van der Waals surface area contributed by atoms with Crippen molar-refractivity contribution in [2.45, 2.75) is 38.9 Å². The second-order valence-corrected chi connectivity index (χ2v) is 7.20. The predicted octanol–water partition coefficient (Wildman–Crippen LogP) is 5.62. The van der Waals surface area contributed by atoms with Gasteiger partial charge in [-0.25, -0.2) is 0 Å². The molecule has 0 radical (unpaired) electrons. The molecule has 5 nitrogen and oxygen atoms in total. The molecule has 4 rings (SSSR count). The SMILES string of the molecule is CCCCCOc1ccccc1C1Nc2ccccc2C(=O)N1Cc1ccco1. The van der Waals surface area contributed by atoms with E-state index in [0.29, 0.717) is 18.7 Å². The summed E-state index contributed by atoms with van der Waals surface area (Å²) in [5, 5.41) is 3.53. The van der Waals surface area contributed by atoms with Gasteiger partial charge in [0, 0.05) is 11.3 Å². The molecule has 1 atom stereocenters. The van der Waals surface area contributed by atoms with E-state index in [1.807, 2.05) is 60.7 Å². The van der Waals surface area contributed by atoms with E-state index in [4.69, 9.17) is 9.15 Å². The number of fused-ring (bicyclic) bond motifs is 1. The molecule has 3 aromatic rings. The fourth-order valence-corrected chi connectivity index (χ4v) is 3.64. The van der Waals surface area contributed by atoms with Crippen LogP contribution in [0.5, 0.6) is 5.75 Å². The van der Waals surface area contributed by atoms with Crippen LogP contribution in [0.1, 0.15) is 54.0 Å². The van der Waals surface area contributed by atoms with E-state index in [-0.39, 0.29) is 12.1 Å². The fourth-order valence-electron chi connectivity index (χ4n) is 3.64. The van der Waals surface area contributed by atoms with Crippen molar-refractivity contribution >= 4 is 11.6 Å². The van der Waals surface area contributed by atoms with E-state index in [1.165, 1.54) is 0 Å². The van der Waals surface area contributed by atoms with E-state index in [1.54, 1.807) is 11.2 Å². The highest BCUT2D eigenvalue weighted by Gasteiger charge is 2.34. The second-order valence-electron chi connectivity index (χ2n) is 7.20. The molecule has 5 heteroatoms. The number of carbonyl (C=O) groups excluding carboxylic acids is 1. The van der Waals surface area contributed by atoms with Crippen LogP contribution in [0.4, 0.5) is 5.69 Å². The van der Waals surface area contributed by atoms with Gasteiger partial charge in [0.05, 0.1) is 25.0 Å². The molecule has 0 saturated carbocycles. The molecule has 2 heterocycles. The van der Waals surface area contributed by atoms with Gasteiger partial charge in [0.15, 0.2) is 0 Å². The molecule has 1 aliphatic heterocycles. The Labute approximate surface area is 171 Å². The molecule has 0 spiro atoms. The number of unbranched alkanes of at least 4 members (excludes halogenated alkanes) is 2. The number of rotatable bonds is 8. The number of hydrogen-bond donors (Lipinski definition) is 1. The maximum atomic E-state index is 13.3. The summed E-state index contributed by atoms with van der Waals surface area (Å²) in [6.07, 6.45) is 4.59. The Morgan fingerprint density at radius 1 is 1.03 bits per heavy atom. The van der Waals surface area contributed by atoms with Gasteiger partial charge in [-0.1, -0.05) is 50.1 Å². The molecule has 0 bridgehead atoms. The number of nitrogens with one attached hydrogen (secondary N) is 1. The highest BCUT2D eigenvalue weighted by molar-refractivity contribution is 6.01. The summed E-state index contributed by atoms with van der Waals surface area (Å²) in [6, 6.07) is 19.3. The minimum Gasteiger partial charge on any atom is -0.493 e. The Morgan fingerprint density at radius 3 is 2.69 bits per heavy atom. The molecule has 29 heavy (non-hydrogen) atoms. The summed E-state index contributed by atoms with van der Waals surface area (Å²) in [5.41, 5.74) is 2.44. The van der Waals surface area contributed by atoms with Gasteiger partial charge in [0.1, 0.15) is 17.7 Å². The summed E-state index contributed by atoms with van der Waals surface area (Å²) in [4.78, 5) is 15.1. The number of hydrogen-bond acceptors (Lipinski definition) is 4. The normalized spacial score (nSPS) is 15.7. The first-order valence-electron chi connectivity index (χ1n) is 10.2. The first kappa shape index (κ1) is 19.1. The number of anilines is 1. The monoisotopic (exact) mass is 390 g/mol. The molecule has 0 saturated heterocycles. The number of amides is 1. The number of para-hydroxylation sites is 2. The van der Waals surface area contributed by atoms with Crippen molar-refractivity contribution in [1.82, 2.24) is 4.90 Å². The van der Waals surface area contributed by atoms with Crippen LogP contribution in [0.2, 0.25) is 0 Å². The van der Waals surface area contributed by atoms with E-state index >= 15 is 0 Å². The molecule has 150 valence electrons. The van der Waals surface area contributed by atoms with Crippen LogP contribution in [0.3, 0.4) is 0 Å². The topological polar surface area (TPSA) is 54.7 Å². The summed E-state index contributed by atoms with van der Waals surface area (Å²) >= 11 is 0. The highest BCUT2D eigenvalue weighted by atomic mass is 16.5. The van der Waals surface area contributed by atoms with Crippen molar-refractivity contribution in [1.29, 1.82) is 0 Å². The van der Waals surface area contributed by atoms with Crippen LogP contribution in [-0.4, -0.2) is 17.4 Å². The van der Waals surface area contributed by atoms with E-state index < -0.39 is 0 Å². The first-order chi connectivity index (χ1) is 14.3. The van der Waals surface area contributed by atoms with Crippen molar-refractivity contribution in [3.05, 3.63) is 83.8 Å². The van der Waals surface area contributed by atoms with Gasteiger partial charge in [-0.2, -0.15) is 0 Å². The maximum absolute atomic E-state index is 13.3. The zero-order valence-corrected chi connectivity index (χ0v) is 16.6. The molecule has 2 aromatic carbocycles. The lowest BCUT2D eigenvalue weighted by Crippen LogP contribution is -2.42. The van der Waals surface area contributed by atoms with Gasteiger partial charge in [-0.3, -0.25) is 4.79 Å². The Balaban J connectivity index is 1.67. The lowest BCUT2D eigenvalue weighted by molar-refractivity contribution is 0.0648. The molecule has 1 amide bonds. The summed E-state index contributed by atoms with van der Waals surface area (Å²) in [6.45, 7) is 3.22. The predicted molar refractivity (Wildman–Crippen MR) is 113 cm³/mol. The lowest BCUT2D eigenvalue weighted by atomic mass is 10.0. The second kappa shape index (κ2) is 8.86. The first-order valence-corrected chi connectivity index (χ1v) is 10.2. The lowest BCUT2D eigenvalue weighted by Gasteiger charge is -2.38. The smallest absolute Gasteiger partial charge is 0.258 e. The Hall–Kier alpha value is -3.21. The van der Waals surface area contributed by atoms with Gasteiger partial charge in [-0.05, 0) is 36.8 Å². The number of ether oxygens (including phenoxy) is 1. The number of furan rings is 1. The quantitative estimate of drug-likeness (QED) is 0.508. The summed E-state index contributed by atoms with van der Waals surface area (Å²) < 4.78 is 11.6. The van der Waals surface area contributed by atoms with Gasteiger partial charge < -0.3 is 19.4 Å². The van der Waals surface area contributed by atoms with Crippen LogP contribution in [0.15, 0.2) is 71.3 Å². The van der Waals surface area contributed by atoms with Crippen molar-refractivity contribution in [3.8, 4) is 5.75 Å². The van der Waals surface area contributed by atoms with E-state index in [9.17, 15) is 4.79 Å². The molecule has 0 aliphatic carbocycles. The molecular weight excluding hydrogens is 364 g/mol. The van der Waals surface area contributed by atoms with Gasteiger partial charge in [0.2, 0.25) is 0 Å². The van der Waals surface area contributed by atoms with E-state index in [0.717, 1.165) is 42.0 Å². The van der Waals surface area contributed by atoms with Crippen LogP contribution >= 0.6 is 0 Å². The summed E-state index contributed by atoms with van der Waals surface area (Å²) in [7, 11) is 0. The van der Waals surface area contributed by atoms with Gasteiger partial charge in [-0.15, -0.1) is 0 Å². The van der Waals surface area contributed by atoms with Crippen molar-refractivity contribution in [3.63, 3.8) is 0 Å².